The average Bonchev–Trinajstić information content (AvgIpc) is 3.33. The van der Waals surface area contributed by atoms with E-state index in [2.05, 4.69) is 20.8 Å². The molecule has 0 radical (unpaired) electrons. The van der Waals surface area contributed by atoms with Crippen molar-refractivity contribution in [3.05, 3.63) is 48.6 Å². The van der Waals surface area contributed by atoms with E-state index >= 15 is 0 Å². The predicted molar refractivity (Wildman–Crippen MR) is 94.3 cm³/mol. The number of nitrogens with one attached hydrogen (secondary N) is 2. The number of aromatic nitrogens is 2. The molecule has 0 unspecified atom stereocenters. The zero-order chi connectivity index (χ0) is 18.4. The molecule has 8 heteroatoms. The van der Waals surface area contributed by atoms with E-state index in [-0.39, 0.29) is 18.2 Å². The van der Waals surface area contributed by atoms with Crippen LogP contribution in [-0.2, 0) is 16.0 Å². The molecule has 0 saturated carbocycles. The van der Waals surface area contributed by atoms with Crippen molar-refractivity contribution in [1.82, 2.24) is 10.1 Å². The highest BCUT2D eigenvalue weighted by atomic mass is 16.5. The zero-order valence-corrected chi connectivity index (χ0v) is 14.2. The zero-order valence-electron chi connectivity index (χ0n) is 14.2. The number of benzene rings is 1. The van der Waals surface area contributed by atoms with Gasteiger partial charge in [-0.3, -0.25) is 9.59 Å². The first kappa shape index (κ1) is 17.4. The van der Waals surface area contributed by atoms with Gasteiger partial charge in [-0.05, 0) is 36.4 Å². The van der Waals surface area contributed by atoms with Crippen LogP contribution < -0.4 is 10.6 Å². The van der Waals surface area contributed by atoms with Gasteiger partial charge in [0.15, 0.2) is 5.76 Å². The van der Waals surface area contributed by atoms with Gasteiger partial charge in [0.05, 0.1) is 6.26 Å². The van der Waals surface area contributed by atoms with Gasteiger partial charge in [-0.1, -0.05) is 12.1 Å². The van der Waals surface area contributed by atoms with E-state index in [0.717, 1.165) is 0 Å². The Bertz CT molecular complexity index is 869. The smallest absolute Gasteiger partial charge is 0.238 e. The number of hydrogen-bond acceptors (Lipinski definition) is 6. The predicted octanol–water partition coefficient (Wildman–Crippen LogP) is 3.25. The first-order valence-electron chi connectivity index (χ1n) is 8.20. The molecule has 134 valence electrons. The largest absolute Gasteiger partial charge is 0.461 e. The van der Waals surface area contributed by atoms with Crippen LogP contribution in [0.15, 0.2) is 51.6 Å². The van der Waals surface area contributed by atoms with E-state index in [4.69, 9.17) is 8.94 Å². The SMILES string of the molecule is CCC(=O)Nc1ccc(NC(=O)CCc2nc(-c3ccco3)no2)cc1. The Morgan fingerprint density at radius 1 is 1.04 bits per heavy atom. The highest BCUT2D eigenvalue weighted by molar-refractivity contribution is 5.92. The van der Waals surface area contributed by atoms with Crippen LogP contribution in [0.2, 0.25) is 0 Å². The number of rotatable bonds is 7. The van der Waals surface area contributed by atoms with Gasteiger partial charge in [0.2, 0.25) is 23.5 Å². The third kappa shape index (κ3) is 4.56. The fraction of sp³-hybridized carbons (Fsp3) is 0.222. The number of carbonyl (C=O) groups excluding carboxylic acids is 2. The minimum Gasteiger partial charge on any atom is -0.461 e. The minimum atomic E-state index is -0.173. The lowest BCUT2D eigenvalue weighted by Crippen LogP contribution is -2.13. The molecule has 3 aromatic rings. The summed E-state index contributed by atoms with van der Waals surface area (Å²) in [5.74, 6) is 1.00. The van der Waals surface area contributed by atoms with E-state index in [0.29, 0.717) is 41.7 Å². The Kier molecular flexibility index (Phi) is 5.43. The van der Waals surface area contributed by atoms with E-state index in [1.807, 2.05) is 0 Å². The summed E-state index contributed by atoms with van der Waals surface area (Å²) >= 11 is 0. The maximum atomic E-state index is 12.0. The second kappa shape index (κ2) is 8.11. The van der Waals surface area contributed by atoms with Gasteiger partial charge >= 0.3 is 0 Å². The van der Waals surface area contributed by atoms with E-state index < -0.39 is 0 Å². The molecule has 2 aromatic heterocycles. The molecule has 0 saturated heterocycles. The summed E-state index contributed by atoms with van der Waals surface area (Å²) in [7, 11) is 0. The number of hydrogen-bond donors (Lipinski definition) is 2. The van der Waals surface area contributed by atoms with Crippen molar-refractivity contribution in [3.8, 4) is 11.6 Å². The van der Waals surface area contributed by atoms with Crippen molar-refractivity contribution in [1.29, 1.82) is 0 Å². The van der Waals surface area contributed by atoms with Gasteiger partial charge in [0, 0.05) is 30.6 Å². The van der Waals surface area contributed by atoms with Crippen LogP contribution in [0, 0.1) is 0 Å². The maximum absolute atomic E-state index is 12.0. The second-order valence-electron chi connectivity index (χ2n) is 5.52. The fourth-order valence-corrected chi connectivity index (χ4v) is 2.19. The van der Waals surface area contributed by atoms with Crippen LogP contribution in [0.25, 0.3) is 11.6 Å². The highest BCUT2D eigenvalue weighted by Crippen LogP contribution is 2.17. The van der Waals surface area contributed by atoms with Crippen LogP contribution in [0.3, 0.4) is 0 Å². The van der Waals surface area contributed by atoms with Crippen LogP contribution in [0.4, 0.5) is 11.4 Å². The molecule has 2 amide bonds. The highest BCUT2D eigenvalue weighted by Gasteiger charge is 2.12. The third-order valence-electron chi connectivity index (χ3n) is 3.55. The molecule has 0 atom stereocenters. The van der Waals surface area contributed by atoms with Crippen LogP contribution in [0.5, 0.6) is 0 Å². The summed E-state index contributed by atoms with van der Waals surface area (Å²) in [6.07, 6.45) is 2.46. The Labute approximate surface area is 149 Å². The van der Waals surface area contributed by atoms with Gasteiger partial charge < -0.3 is 19.6 Å². The van der Waals surface area contributed by atoms with Crippen LogP contribution in [-0.4, -0.2) is 22.0 Å². The summed E-state index contributed by atoms with van der Waals surface area (Å²) in [6, 6.07) is 10.4. The summed E-state index contributed by atoms with van der Waals surface area (Å²) < 4.78 is 10.3. The topological polar surface area (TPSA) is 110 Å². The molecule has 0 aliphatic carbocycles. The van der Waals surface area contributed by atoms with Crippen molar-refractivity contribution in [2.75, 3.05) is 10.6 Å². The van der Waals surface area contributed by atoms with Crippen LogP contribution in [0.1, 0.15) is 25.7 Å². The first-order valence-corrected chi connectivity index (χ1v) is 8.20. The standard InChI is InChI=1S/C18H18N4O4/c1-2-15(23)19-12-5-7-13(8-6-12)20-16(24)9-10-17-21-18(22-26-17)14-4-3-11-25-14/h3-8,11H,2,9-10H2,1H3,(H,19,23)(H,20,24). The first-order chi connectivity index (χ1) is 12.6. The summed E-state index contributed by atoms with van der Waals surface area (Å²) in [5, 5.41) is 9.34. The van der Waals surface area contributed by atoms with Crippen molar-refractivity contribution in [2.24, 2.45) is 0 Å². The molecule has 0 bridgehead atoms. The lowest BCUT2D eigenvalue weighted by molar-refractivity contribution is -0.116. The monoisotopic (exact) mass is 354 g/mol. The number of amides is 2. The van der Waals surface area contributed by atoms with Crippen molar-refractivity contribution >= 4 is 23.2 Å². The molecule has 0 fully saturated rings. The summed E-state index contributed by atoms with van der Waals surface area (Å²) in [4.78, 5) is 27.6. The molecule has 0 aliphatic heterocycles. The molecule has 2 heterocycles. The van der Waals surface area contributed by atoms with E-state index in [9.17, 15) is 9.59 Å². The van der Waals surface area contributed by atoms with Gasteiger partial charge in [-0.2, -0.15) is 4.98 Å². The number of aryl methyl sites for hydroxylation is 1. The lowest BCUT2D eigenvalue weighted by Gasteiger charge is -2.07. The number of furan rings is 1. The number of anilines is 2. The van der Waals surface area contributed by atoms with Crippen LogP contribution >= 0.6 is 0 Å². The molecule has 26 heavy (non-hydrogen) atoms. The van der Waals surface area contributed by atoms with Crippen molar-refractivity contribution in [2.45, 2.75) is 26.2 Å². The summed E-state index contributed by atoms with van der Waals surface area (Å²) in [5.41, 5.74) is 1.33. The molecule has 2 N–H and O–H groups in total. The molecular weight excluding hydrogens is 336 g/mol. The molecule has 8 nitrogen and oxygen atoms in total. The van der Waals surface area contributed by atoms with Gasteiger partial charge in [-0.25, -0.2) is 0 Å². The lowest BCUT2D eigenvalue weighted by atomic mass is 10.2. The quantitative estimate of drug-likeness (QED) is 0.674. The molecule has 0 aliphatic rings. The second-order valence-corrected chi connectivity index (χ2v) is 5.52. The third-order valence-corrected chi connectivity index (χ3v) is 3.55. The fourth-order valence-electron chi connectivity index (χ4n) is 2.19. The molecule has 0 spiro atoms. The van der Waals surface area contributed by atoms with Gasteiger partial charge in [0.1, 0.15) is 0 Å². The Balaban J connectivity index is 1.49. The van der Waals surface area contributed by atoms with Crippen molar-refractivity contribution in [3.63, 3.8) is 0 Å². The van der Waals surface area contributed by atoms with Gasteiger partial charge in [0.25, 0.3) is 0 Å². The number of nitrogens with zero attached hydrogens (tertiary/aromatic N) is 2. The molecule has 1 aromatic carbocycles. The maximum Gasteiger partial charge on any atom is 0.238 e. The van der Waals surface area contributed by atoms with E-state index in [1.54, 1.807) is 43.3 Å². The Hall–Kier alpha value is -3.42. The number of carbonyl (C=O) groups is 2. The van der Waals surface area contributed by atoms with Gasteiger partial charge in [-0.15, -0.1) is 0 Å². The van der Waals surface area contributed by atoms with E-state index in [1.165, 1.54) is 6.26 Å². The average molecular weight is 354 g/mol. The molecule has 3 rings (SSSR count). The Morgan fingerprint density at radius 2 is 1.73 bits per heavy atom. The Morgan fingerprint density at radius 3 is 2.35 bits per heavy atom. The summed E-state index contributed by atoms with van der Waals surface area (Å²) in [6.45, 7) is 1.78. The molecular formula is C18H18N4O4. The minimum absolute atomic E-state index is 0.0599. The normalized spacial score (nSPS) is 10.5. The van der Waals surface area contributed by atoms with Crippen molar-refractivity contribution < 1.29 is 18.5 Å².